The van der Waals surface area contributed by atoms with Crippen molar-refractivity contribution in [2.75, 3.05) is 26.1 Å². The highest BCUT2D eigenvalue weighted by molar-refractivity contribution is 6.27. The molecule has 4 rings (SSSR count). The van der Waals surface area contributed by atoms with Gasteiger partial charge in [0, 0.05) is 41.7 Å². The summed E-state index contributed by atoms with van der Waals surface area (Å²) < 4.78 is 10.2. The van der Waals surface area contributed by atoms with Crippen LogP contribution in [0.5, 0.6) is 0 Å². The van der Waals surface area contributed by atoms with Gasteiger partial charge in [0.25, 0.3) is 5.91 Å². The van der Waals surface area contributed by atoms with E-state index in [1.807, 2.05) is 24.3 Å². The first-order chi connectivity index (χ1) is 19.0. The first-order valence-corrected chi connectivity index (χ1v) is 13.5. The van der Waals surface area contributed by atoms with E-state index in [2.05, 4.69) is 15.6 Å². The molecular formula is C29H33ClN4O6. The zero-order valence-corrected chi connectivity index (χ0v) is 23.6. The van der Waals surface area contributed by atoms with Crippen molar-refractivity contribution in [2.24, 2.45) is 0 Å². The largest absolute Gasteiger partial charge is 0.467 e. The van der Waals surface area contributed by atoms with E-state index in [9.17, 15) is 19.2 Å². The van der Waals surface area contributed by atoms with Gasteiger partial charge in [-0.1, -0.05) is 30.3 Å². The van der Waals surface area contributed by atoms with Crippen molar-refractivity contribution >= 4 is 46.4 Å². The third-order valence-corrected chi connectivity index (χ3v) is 6.80. The van der Waals surface area contributed by atoms with Crippen molar-refractivity contribution in [2.45, 2.75) is 44.9 Å². The van der Waals surface area contributed by atoms with Crippen LogP contribution in [-0.4, -0.2) is 71.5 Å². The van der Waals surface area contributed by atoms with E-state index >= 15 is 0 Å². The number of nitrogens with zero attached hydrogens (tertiary/aromatic N) is 1. The number of H-pyrrole nitrogens is 1. The highest BCUT2D eigenvalue weighted by Gasteiger charge is 2.43. The number of hydrogen-bond acceptors (Lipinski definition) is 6. The highest BCUT2D eigenvalue weighted by atomic mass is 35.5. The van der Waals surface area contributed by atoms with Gasteiger partial charge in [-0.15, -0.1) is 11.6 Å². The molecule has 3 amide bonds. The van der Waals surface area contributed by atoms with Gasteiger partial charge >= 0.3 is 12.1 Å². The first kappa shape index (κ1) is 28.9. The monoisotopic (exact) mass is 568 g/mol. The molecule has 0 aliphatic carbocycles. The lowest BCUT2D eigenvalue weighted by atomic mass is 9.87. The SMILES string of the molecule is COC(=O)[C@H]1Cc2c([nH]c3ccccc23)[C@H](c2ccc(C(=O)NCCNC(=O)OC(C)(C)C)cc2)N1C(=O)CCl. The van der Waals surface area contributed by atoms with Crippen LogP contribution in [0.25, 0.3) is 10.9 Å². The topological polar surface area (TPSA) is 130 Å². The van der Waals surface area contributed by atoms with Gasteiger partial charge in [0.15, 0.2) is 0 Å². The number of rotatable bonds is 7. The Morgan fingerprint density at radius 3 is 2.35 bits per heavy atom. The van der Waals surface area contributed by atoms with Gasteiger partial charge in [-0.25, -0.2) is 9.59 Å². The standard InChI is InChI=1S/C29H33ClN4O6/c1-29(2,3)40-28(38)32-14-13-31-26(36)18-11-9-17(10-12-18)25-24-20(19-7-5-6-8-21(19)33-24)15-22(27(37)39-4)34(25)23(35)16-30/h5-12,22,25,33H,13-16H2,1-4H3,(H,31,36)(H,32,38)/t22-,25+/m1/s1. The van der Waals surface area contributed by atoms with E-state index in [1.165, 1.54) is 12.0 Å². The van der Waals surface area contributed by atoms with Crippen LogP contribution in [0.3, 0.4) is 0 Å². The number of aromatic amines is 1. The van der Waals surface area contributed by atoms with Gasteiger partial charge in [-0.2, -0.15) is 0 Å². The van der Waals surface area contributed by atoms with Gasteiger partial charge in [0.05, 0.1) is 13.2 Å². The minimum atomic E-state index is -0.867. The fourth-order valence-electron chi connectivity index (χ4n) is 4.91. The molecule has 0 saturated heterocycles. The fourth-order valence-corrected chi connectivity index (χ4v) is 5.04. The number of methoxy groups -OCH3 is 1. The van der Waals surface area contributed by atoms with E-state index in [1.54, 1.807) is 45.0 Å². The summed E-state index contributed by atoms with van der Waals surface area (Å²) in [6.45, 7) is 5.72. The molecule has 2 aromatic carbocycles. The number of alkyl halides is 1. The maximum Gasteiger partial charge on any atom is 0.407 e. The molecule has 3 aromatic rings. The summed E-state index contributed by atoms with van der Waals surface area (Å²) in [5.74, 6) is -1.58. The highest BCUT2D eigenvalue weighted by Crippen LogP contribution is 2.41. The lowest BCUT2D eigenvalue weighted by Gasteiger charge is -2.40. The van der Waals surface area contributed by atoms with Crippen LogP contribution in [0.1, 0.15) is 54.0 Å². The number of nitrogens with one attached hydrogen (secondary N) is 3. The molecular weight excluding hydrogens is 536 g/mol. The predicted octanol–water partition coefficient (Wildman–Crippen LogP) is 3.68. The maximum absolute atomic E-state index is 13.1. The van der Waals surface area contributed by atoms with E-state index in [4.69, 9.17) is 21.1 Å². The number of benzene rings is 2. The first-order valence-electron chi connectivity index (χ1n) is 12.9. The number of amides is 3. The van der Waals surface area contributed by atoms with E-state index in [0.717, 1.165) is 22.2 Å². The molecule has 11 heteroatoms. The Morgan fingerprint density at radius 1 is 1.02 bits per heavy atom. The van der Waals surface area contributed by atoms with Gasteiger partial charge in [-0.05, 0) is 50.1 Å². The molecule has 212 valence electrons. The van der Waals surface area contributed by atoms with Crippen LogP contribution in [0.15, 0.2) is 48.5 Å². The van der Waals surface area contributed by atoms with Gasteiger partial charge in [0.2, 0.25) is 5.91 Å². The Morgan fingerprint density at radius 2 is 1.70 bits per heavy atom. The number of carbonyl (C=O) groups is 4. The zero-order chi connectivity index (χ0) is 29.0. The number of alkyl carbamates (subject to hydrolysis) is 1. The van der Waals surface area contributed by atoms with E-state index < -0.39 is 35.7 Å². The Hall–Kier alpha value is -4.05. The number of halogens is 1. The molecule has 10 nitrogen and oxygen atoms in total. The number of ether oxygens (including phenoxy) is 2. The number of aromatic nitrogens is 1. The van der Waals surface area contributed by atoms with Crippen LogP contribution in [0.4, 0.5) is 4.79 Å². The second-order valence-corrected chi connectivity index (χ2v) is 10.7. The number of esters is 1. The molecule has 0 radical (unpaired) electrons. The summed E-state index contributed by atoms with van der Waals surface area (Å²) in [5.41, 5.74) is 3.08. The fraction of sp³-hybridized carbons (Fsp3) is 0.379. The second kappa shape index (κ2) is 12.0. The zero-order valence-electron chi connectivity index (χ0n) is 22.9. The van der Waals surface area contributed by atoms with Crippen LogP contribution in [0, 0.1) is 0 Å². The maximum atomic E-state index is 13.1. The quantitative estimate of drug-likeness (QED) is 0.226. The Kier molecular flexibility index (Phi) is 8.68. The van der Waals surface area contributed by atoms with Crippen molar-refractivity contribution in [3.05, 3.63) is 70.9 Å². The molecule has 0 spiro atoms. The summed E-state index contributed by atoms with van der Waals surface area (Å²) in [4.78, 5) is 55.4. The molecule has 0 unspecified atom stereocenters. The summed E-state index contributed by atoms with van der Waals surface area (Å²) >= 11 is 5.99. The third-order valence-electron chi connectivity index (χ3n) is 6.57. The van der Waals surface area contributed by atoms with Crippen LogP contribution < -0.4 is 10.6 Å². The molecule has 1 aromatic heterocycles. The van der Waals surface area contributed by atoms with E-state index in [-0.39, 0.29) is 31.3 Å². The van der Waals surface area contributed by atoms with Crippen molar-refractivity contribution in [1.29, 1.82) is 0 Å². The normalized spacial score (nSPS) is 16.7. The van der Waals surface area contributed by atoms with Crippen molar-refractivity contribution in [3.8, 4) is 0 Å². The molecule has 2 atom stereocenters. The average Bonchev–Trinajstić information content (AvgIpc) is 3.30. The molecule has 3 N–H and O–H groups in total. The smallest absolute Gasteiger partial charge is 0.407 e. The van der Waals surface area contributed by atoms with Gasteiger partial charge in [-0.3, -0.25) is 9.59 Å². The van der Waals surface area contributed by atoms with Crippen molar-refractivity contribution in [3.63, 3.8) is 0 Å². The Balaban J connectivity index is 1.58. The third kappa shape index (κ3) is 6.22. The van der Waals surface area contributed by atoms with Crippen LogP contribution in [0.2, 0.25) is 0 Å². The van der Waals surface area contributed by atoms with Crippen LogP contribution in [-0.2, 0) is 25.5 Å². The molecule has 0 fully saturated rings. The van der Waals surface area contributed by atoms with Crippen LogP contribution >= 0.6 is 11.6 Å². The van der Waals surface area contributed by atoms with Gasteiger partial charge < -0.3 is 30.0 Å². The number of hydrogen-bond donors (Lipinski definition) is 3. The summed E-state index contributed by atoms with van der Waals surface area (Å²) in [5, 5.41) is 6.31. The summed E-state index contributed by atoms with van der Waals surface area (Å²) in [6, 6.07) is 13.0. The van der Waals surface area contributed by atoms with Gasteiger partial charge in [0.1, 0.15) is 17.5 Å². The number of para-hydroxylation sites is 1. The van der Waals surface area contributed by atoms with Crippen molar-refractivity contribution in [1.82, 2.24) is 20.5 Å². The molecule has 0 saturated carbocycles. The Labute approximate surface area is 237 Å². The van der Waals surface area contributed by atoms with E-state index in [0.29, 0.717) is 11.1 Å². The molecule has 1 aliphatic heterocycles. The minimum absolute atomic E-state index is 0.203. The minimum Gasteiger partial charge on any atom is -0.467 e. The molecule has 1 aliphatic rings. The lowest BCUT2D eigenvalue weighted by Crippen LogP contribution is -2.52. The molecule has 0 bridgehead atoms. The number of carbonyl (C=O) groups excluding carboxylic acids is 4. The predicted molar refractivity (Wildman–Crippen MR) is 150 cm³/mol. The average molecular weight is 569 g/mol. The molecule has 2 heterocycles. The molecule has 40 heavy (non-hydrogen) atoms. The number of fused-ring (bicyclic) bond motifs is 3. The van der Waals surface area contributed by atoms with Crippen molar-refractivity contribution < 1.29 is 28.7 Å². The second-order valence-electron chi connectivity index (χ2n) is 10.4. The Bertz CT molecular complexity index is 1410. The summed E-state index contributed by atoms with van der Waals surface area (Å²) in [6.07, 6.45) is -0.278. The lowest BCUT2D eigenvalue weighted by molar-refractivity contribution is -0.154. The summed E-state index contributed by atoms with van der Waals surface area (Å²) in [7, 11) is 1.29.